The second-order valence-electron chi connectivity index (χ2n) is 6.29. The van der Waals surface area contributed by atoms with Gasteiger partial charge in [0.25, 0.3) is 0 Å². The molecule has 136 valence electrons. The summed E-state index contributed by atoms with van der Waals surface area (Å²) in [5.41, 5.74) is 0.182. The summed E-state index contributed by atoms with van der Waals surface area (Å²) >= 11 is 3.35. The van der Waals surface area contributed by atoms with E-state index in [4.69, 9.17) is 0 Å². The standard InChI is InChI=1S/C16H23BrN4O.2ClH/c17-13-4-5-14(19-10-13)20-15(22)11-21-9-8-18-12-16(21)6-2-1-3-7-16;;/h4-5,10,18H,1-3,6-9,11-12H2,(H,19,20,22);2*1H. The average Bonchev–Trinajstić information content (AvgIpc) is 2.53. The number of hydrogen-bond donors (Lipinski definition) is 2. The Bertz CT molecular complexity index is 515. The van der Waals surface area contributed by atoms with Crippen molar-refractivity contribution in [1.82, 2.24) is 15.2 Å². The summed E-state index contributed by atoms with van der Waals surface area (Å²) in [6.07, 6.45) is 7.96. The van der Waals surface area contributed by atoms with E-state index in [2.05, 4.69) is 36.4 Å². The van der Waals surface area contributed by atoms with Gasteiger partial charge >= 0.3 is 0 Å². The van der Waals surface area contributed by atoms with Crippen molar-refractivity contribution in [2.75, 3.05) is 31.5 Å². The lowest BCUT2D eigenvalue weighted by Gasteiger charge is -2.49. The highest BCUT2D eigenvalue weighted by atomic mass is 79.9. The number of pyridine rings is 1. The minimum Gasteiger partial charge on any atom is -0.314 e. The predicted octanol–water partition coefficient (Wildman–Crippen LogP) is 3.23. The van der Waals surface area contributed by atoms with Crippen LogP contribution in [0.15, 0.2) is 22.8 Å². The van der Waals surface area contributed by atoms with Gasteiger partial charge in [0.05, 0.1) is 6.54 Å². The molecule has 0 radical (unpaired) electrons. The van der Waals surface area contributed by atoms with Gasteiger partial charge in [-0.25, -0.2) is 4.98 Å². The van der Waals surface area contributed by atoms with Gasteiger partial charge in [0.15, 0.2) is 0 Å². The highest BCUT2D eigenvalue weighted by Crippen LogP contribution is 2.34. The van der Waals surface area contributed by atoms with Crippen molar-refractivity contribution in [3.63, 3.8) is 0 Å². The Balaban J connectivity index is 0.00000144. The molecule has 1 saturated carbocycles. The van der Waals surface area contributed by atoms with E-state index in [1.807, 2.05) is 12.1 Å². The molecule has 24 heavy (non-hydrogen) atoms. The number of carbonyl (C=O) groups excluding carboxylic acids is 1. The SMILES string of the molecule is Cl.Cl.O=C(CN1CCNCC12CCCCC2)Nc1ccc(Br)cn1. The second-order valence-corrected chi connectivity index (χ2v) is 7.21. The molecule has 2 aliphatic rings. The molecule has 0 bridgehead atoms. The molecule has 3 rings (SSSR count). The summed E-state index contributed by atoms with van der Waals surface area (Å²) in [4.78, 5) is 19.0. The fraction of sp³-hybridized carbons (Fsp3) is 0.625. The van der Waals surface area contributed by atoms with E-state index in [0.717, 1.165) is 24.1 Å². The highest BCUT2D eigenvalue weighted by molar-refractivity contribution is 9.10. The van der Waals surface area contributed by atoms with Crippen molar-refractivity contribution in [2.45, 2.75) is 37.6 Å². The maximum Gasteiger partial charge on any atom is 0.239 e. The molecule has 8 heteroatoms. The maximum atomic E-state index is 12.4. The number of amides is 1. The smallest absolute Gasteiger partial charge is 0.239 e. The van der Waals surface area contributed by atoms with Crippen LogP contribution in [0.5, 0.6) is 0 Å². The van der Waals surface area contributed by atoms with Crippen molar-refractivity contribution in [2.24, 2.45) is 0 Å². The lowest BCUT2D eigenvalue weighted by atomic mass is 9.79. The Morgan fingerprint density at radius 2 is 2.04 bits per heavy atom. The largest absolute Gasteiger partial charge is 0.314 e. The minimum atomic E-state index is 0. The van der Waals surface area contributed by atoms with Crippen molar-refractivity contribution in [3.8, 4) is 0 Å². The zero-order valence-corrected chi connectivity index (χ0v) is 16.8. The maximum absolute atomic E-state index is 12.4. The quantitative estimate of drug-likeness (QED) is 0.758. The lowest BCUT2D eigenvalue weighted by molar-refractivity contribution is -0.120. The van der Waals surface area contributed by atoms with Gasteiger partial charge in [-0.2, -0.15) is 0 Å². The van der Waals surface area contributed by atoms with Gasteiger partial charge in [-0.05, 0) is 40.9 Å². The summed E-state index contributed by atoms with van der Waals surface area (Å²) in [5.74, 6) is 0.641. The van der Waals surface area contributed by atoms with Crippen LogP contribution in [0, 0.1) is 0 Å². The van der Waals surface area contributed by atoms with Crippen LogP contribution in [0.3, 0.4) is 0 Å². The minimum absolute atomic E-state index is 0. The number of halogens is 3. The number of nitrogens with zero attached hydrogens (tertiary/aromatic N) is 2. The van der Waals surface area contributed by atoms with Crippen LogP contribution in [-0.4, -0.2) is 47.5 Å². The molecule has 1 amide bonds. The van der Waals surface area contributed by atoms with E-state index < -0.39 is 0 Å². The first-order chi connectivity index (χ1) is 10.7. The highest BCUT2D eigenvalue weighted by Gasteiger charge is 2.40. The first-order valence-electron chi connectivity index (χ1n) is 8.05. The van der Waals surface area contributed by atoms with Gasteiger partial charge < -0.3 is 10.6 Å². The van der Waals surface area contributed by atoms with Crippen molar-refractivity contribution in [3.05, 3.63) is 22.8 Å². The Kier molecular flexibility index (Phi) is 8.95. The number of anilines is 1. The molecule has 2 heterocycles. The van der Waals surface area contributed by atoms with Gasteiger partial charge in [0.1, 0.15) is 5.82 Å². The number of aromatic nitrogens is 1. The van der Waals surface area contributed by atoms with Gasteiger partial charge in [-0.1, -0.05) is 19.3 Å². The molecule has 1 aliphatic heterocycles. The van der Waals surface area contributed by atoms with E-state index in [1.54, 1.807) is 6.20 Å². The molecule has 2 N–H and O–H groups in total. The van der Waals surface area contributed by atoms with Crippen molar-refractivity contribution < 1.29 is 4.79 Å². The topological polar surface area (TPSA) is 57.3 Å². The first-order valence-corrected chi connectivity index (χ1v) is 8.84. The van der Waals surface area contributed by atoms with Gasteiger partial charge in [-0.3, -0.25) is 9.69 Å². The molecule has 2 fully saturated rings. The molecule has 1 spiro atoms. The third-order valence-electron chi connectivity index (χ3n) is 4.80. The van der Waals surface area contributed by atoms with E-state index in [9.17, 15) is 4.79 Å². The Hall–Kier alpha value is -0.400. The van der Waals surface area contributed by atoms with E-state index in [0.29, 0.717) is 12.4 Å². The van der Waals surface area contributed by atoms with E-state index >= 15 is 0 Å². The number of nitrogens with one attached hydrogen (secondary N) is 2. The fourth-order valence-electron chi connectivity index (χ4n) is 3.64. The molecule has 1 aromatic rings. The number of rotatable bonds is 3. The average molecular weight is 440 g/mol. The Labute approximate surface area is 164 Å². The Morgan fingerprint density at radius 3 is 2.71 bits per heavy atom. The molecule has 5 nitrogen and oxygen atoms in total. The normalized spacial score (nSPS) is 19.9. The van der Waals surface area contributed by atoms with Crippen molar-refractivity contribution >= 4 is 52.5 Å². The second kappa shape index (κ2) is 9.92. The third kappa shape index (κ3) is 5.30. The zero-order valence-electron chi connectivity index (χ0n) is 13.6. The Morgan fingerprint density at radius 1 is 1.29 bits per heavy atom. The monoisotopic (exact) mass is 438 g/mol. The van der Waals surface area contributed by atoms with Gasteiger partial charge in [0, 0.05) is 35.8 Å². The summed E-state index contributed by atoms with van der Waals surface area (Å²) < 4.78 is 0.911. The molecular weight excluding hydrogens is 415 g/mol. The lowest BCUT2D eigenvalue weighted by Crippen LogP contribution is -2.63. The van der Waals surface area contributed by atoms with Crippen LogP contribution in [0.2, 0.25) is 0 Å². The third-order valence-corrected chi connectivity index (χ3v) is 5.27. The predicted molar refractivity (Wildman–Crippen MR) is 105 cm³/mol. The van der Waals surface area contributed by atoms with Gasteiger partial charge in [0.2, 0.25) is 5.91 Å². The molecule has 0 unspecified atom stereocenters. The van der Waals surface area contributed by atoms with Crippen LogP contribution >= 0.6 is 40.7 Å². The van der Waals surface area contributed by atoms with Crippen LogP contribution < -0.4 is 10.6 Å². The summed E-state index contributed by atoms with van der Waals surface area (Å²) in [7, 11) is 0. The molecular formula is C16H25BrCl2N4O. The summed E-state index contributed by atoms with van der Waals surface area (Å²) in [6, 6.07) is 3.70. The zero-order chi connectivity index (χ0) is 15.4. The van der Waals surface area contributed by atoms with Crippen molar-refractivity contribution in [1.29, 1.82) is 0 Å². The van der Waals surface area contributed by atoms with Crippen LogP contribution in [0.25, 0.3) is 0 Å². The number of piperazine rings is 1. The molecule has 1 aromatic heterocycles. The van der Waals surface area contributed by atoms with Crippen LogP contribution in [-0.2, 0) is 4.79 Å². The van der Waals surface area contributed by atoms with E-state index in [1.165, 1.54) is 32.1 Å². The van der Waals surface area contributed by atoms with Crippen LogP contribution in [0.1, 0.15) is 32.1 Å². The van der Waals surface area contributed by atoms with Gasteiger partial charge in [-0.15, -0.1) is 24.8 Å². The molecule has 0 atom stereocenters. The fourth-order valence-corrected chi connectivity index (χ4v) is 3.87. The van der Waals surface area contributed by atoms with E-state index in [-0.39, 0.29) is 36.3 Å². The molecule has 0 aromatic carbocycles. The van der Waals surface area contributed by atoms with Crippen LogP contribution in [0.4, 0.5) is 5.82 Å². The molecule has 1 aliphatic carbocycles. The number of hydrogen-bond acceptors (Lipinski definition) is 4. The molecule has 1 saturated heterocycles. The summed E-state index contributed by atoms with van der Waals surface area (Å²) in [5, 5.41) is 6.42. The summed E-state index contributed by atoms with van der Waals surface area (Å²) in [6.45, 7) is 3.38. The number of carbonyl (C=O) groups is 1. The first kappa shape index (κ1) is 21.6.